The maximum atomic E-state index is 6.76. The summed E-state index contributed by atoms with van der Waals surface area (Å²) in [6, 6.07) is 66.7. The van der Waals surface area contributed by atoms with Crippen LogP contribution in [0, 0.1) is 0 Å². The molecule has 0 saturated heterocycles. The summed E-state index contributed by atoms with van der Waals surface area (Å²) < 4.78 is 13.2. The van der Waals surface area contributed by atoms with Crippen LogP contribution in [-0.2, 0) is 0 Å². The summed E-state index contributed by atoms with van der Waals surface area (Å²) in [5, 5.41) is 9.23. The molecule has 0 fully saturated rings. The lowest BCUT2D eigenvalue weighted by Crippen LogP contribution is -2.11. The normalized spacial score (nSPS) is 11.8. The van der Waals surface area contributed by atoms with E-state index in [0.29, 0.717) is 0 Å². The van der Waals surface area contributed by atoms with Crippen LogP contribution in [0.25, 0.3) is 87.7 Å². The summed E-state index contributed by atoms with van der Waals surface area (Å²) >= 11 is 0. The molecule has 248 valence electrons. The lowest BCUT2D eigenvalue weighted by molar-refractivity contribution is 0.670. The Kier molecular flexibility index (Phi) is 6.55. The SMILES string of the molecule is c1ccc(N(c2ccc(-c3cccc4c3oc3ccccc34)cc2)c2cccc3ccccc23)c(-c2cccc3c2oc2cc4ccccc4cc23)c1. The fraction of sp³-hybridized carbons (Fsp3) is 0. The second-order valence-electron chi connectivity index (χ2n) is 13.7. The van der Waals surface area contributed by atoms with Crippen LogP contribution in [0.3, 0.4) is 0 Å². The van der Waals surface area contributed by atoms with Gasteiger partial charge in [0.05, 0.1) is 11.4 Å². The highest BCUT2D eigenvalue weighted by atomic mass is 16.3. The Bertz CT molecular complexity index is 3180. The Balaban J connectivity index is 1.11. The van der Waals surface area contributed by atoms with Gasteiger partial charge < -0.3 is 13.7 Å². The van der Waals surface area contributed by atoms with Crippen LogP contribution < -0.4 is 4.90 Å². The van der Waals surface area contributed by atoms with E-state index in [9.17, 15) is 0 Å². The van der Waals surface area contributed by atoms with Crippen molar-refractivity contribution in [3.63, 3.8) is 0 Å². The molecule has 11 rings (SSSR count). The first kappa shape index (κ1) is 29.6. The molecule has 0 N–H and O–H groups in total. The van der Waals surface area contributed by atoms with Gasteiger partial charge in [-0.2, -0.15) is 0 Å². The van der Waals surface area contributed by atoms with Gasteiger partial charge in [-0.25, -0.2) is 0 Å². The molecule has 0 spiro atoms. The molecule has 0 saturated carbocycles. The molecule has 0 bridgehead atoms. The Labute approximate surface area is 305 Å². The van der Waals surface area contributed by atoms with Crippen molar-refractivity contribution >= 4 is 82.5 Å². The third kappa shape index (κ3) is 4.68. The molecule has 0 unspecified atom stereocenters. The Morgan fingerprint density at radius 1 is 0.321 bits per heavy atom. The summed E-state index contributed by atoms with van der Waals surface area (Å²) in [7, 11) is 0. The van der Waals surface area contributed by atoms with Crippen LogP contribution in [0.2, 0.25) is 0 Å². The number of hydrogen-bond acceptors (Lipinski definition) is 3. The van der Waals surface area contributed by atoms with Crippen LogP contribution in [0.15, 0.2) is 197 Å². The standard InChI is InChI=1S/C50H31NO2/c1-2-14-35-31-48-44(30-34(35)13-1)43-22-11-20-41(50(43)53-48)39-17-5-7-23-46(39)51(45-24-9-15-32-12-3-4-16-37(32)45)36-28-26-33(27-29-36)38-19-10-21-42-40-18-6-8-25-47(40)52-49(38)42/h1-31H. The van der Waals surface area contributed by atoms with Gasteiger partial charge in [0.1, 0.15) is 22.3 Å². The predicted molar refractivity (Wildman–Crippen MR) is 222 cm³/mol. The van der Waals surface area contributed by atoms with E-state index in [0.717, 1.165) is 83.2 Å². The zero-order valence-corrected chi connectivity index (χ0v) is 28.7. The van der Waals surface area contributed by atoms with Gasteiger partial charge in [0.15, 0.2) is 0 Å². The molecular weight excluding hydrogens is 647 g/mol. The summed E-state index contributed by atoms with van der Waals surface area (Å²) in [5.41, 5.74) is 11.1. The molecule has 9 aromatic carbocycles. The topological polar surface area (TPSA) is 29.5 Å². The summed E-state index contributed by atoms with van der Waals surface area (Å²) in [6.07, 6.45) is 0. The highest BCUT2D eigenvalue weighted by Crippen LogP contribution is 2.46. The summed E-state index contributed by atoms with van der Waals surface area (Å²) in [5.74, 6) is 0. The van der Waals surface area contributed by atoms with E-state index >= 15 is 0 Å². The lowest BCUT2D eigenvalue weighted by Gasteiger charge is -2.29. The second-order valence-corrected chi connectivity index (χ2v) is 13.7. The number of hydrogen-bond donors (Lipinski definition) is 0. The van der Waals surface area contributed by atoms with Gasteiger partial charge in [-0.05, 0) is 64.2 Å². The first-order chi connectivity index (χ1) is 26.3. The molecule has 0 amide bonds. The molecule has 0 radical (unpaired) electrons. The van der Waals surface area contributed by atoms with E-state index in [1.165, 1.54) is 21.5 Å². The molecule has 2 heterocycles. The van der Waals surface area contributed by atoms with Crippen molar-refractivity contribution in [1.29, 1.82) is 0 Å². The van der Waals surface area contributed by atoms with Crippen molar-refractivity contribution < 1.29 is 8.83 Å². The molecule has 2 aromatic heterocycles. The van der Waals surface area contributed by atoms with Gasteiger partial charge in [-0.1, -0.05) is 146 Å². The first-order valence-corrected chi connectivity index (χ1v) is 18.0. The fourth-order valence-corrected chi connectivity index (χ4v) is 8.17. The fourth-order valence-electron chi connectivity index (χ4n) is 8.17. The number of para-hydroxylation sites is 4. The van der Waals surface area contributed by atoms with Gasteiger partial charge in [-0.15, -0.1) is 0 Å². The van der Waals surface area contributed by atoms with Crippen molar-refractivity contribution in [2.45, 2.75) is 0 Å². The number of benzene rings is 9. The molecule has 0 atom stereocenters. The molecule has 53 heavy (non-hydrogen) atoms. The van der Waals surface area contributed by atoms with Crippen molar-refractivity contribution in [3.05, 3.63) is 188 Å². The molecule has 3 nitrogen and oxygen atoms in total. The van der Waals surface area contributed by atoms with E-state index in [2.05, 4.69) is 181 Å². The average Bonchev–Trinajstić information content (AvgIpc) is 3.79. The van der Waals surface area contributed by atoms with E-state index in [-0.39, 0.29) is 0 Å². The molecule has 0 aliphatic rings. The number of anilines is 3. The van der Waals surface area contributed by atoms with E-state index in [1.807, 2.05) is 12.1 Å². The van der Waals surface area contributed by atoms with Crippen LogP contribution in [0.5, 0.6) is 0 Å². The van der Waals surface area contributed by atoms with Crippen LogP contribution >= 0.6 is 0 Å². The zero-order chi connectivity index (χ0) is 34.9. The predicted octanol–water partition coefficient (Wildman–Crippen LogP) is 14.6. The number of rotatable bonds is 5. The minimum Gasteiger partial charge on any atom is -0.455 e. The molecule has 11 aromatic rings. The molecule has 3 heteroatoms. The van der Waals surface area contributed by atoms with E-state index < -0.39 is 0 Å². The summed E-state index contributed by atoms with van der Waals surface area (Å²) in [6.45, 7) is 0. The highest BCUT2D eigenvalue weighted by Gasteiger charge is 2.22. The number of nitrogens with zero attached hydrogens (tertiary/aromatic N) is 1. The zero-order valence-electron chi connectivity index (χ0n) is 28.7. The number of fused-ring (bicyclic) bond motifs is 8. The van der Waals surface area contributed by atoms with Gasteiger partial charge in [-0.3, -0.25) is 0 Å². The van der Waals surface area contributed by atoms with Crippen molar-refractivity contribution in [3.8, 4) is 22.3 Å². The second kappa shape index (κ2) is 11.7. The minimum absolute atomic E-state index is 0.886. The van der Waals surface area contributed by atoms with Gasteiger partial charge >= 0.3 is 0 Å². The first-order valence-electron chi connectivity index (χ1n) is 18.0. The quantitative estimate of drug-likeness (QED) is 0.182. The largest absolute Gasteiger partial charge is 0.455 e. The third-order valence-electron chi connectivity index (χ3n) is 10.6. The number of furan rings is 2. The molecule has 0 aliphatic carbocycles. The maximum absolute atomic E-state index is 6.76. The van der Waals surface area contributed by atoms with Crippen molar-refractivity contribution in [2.24, 2.45) is 0 Å². The van der Waals surface area contributed by atoms with Gasteiger partial charge in [0.25, 0.3) is 0 Å². The van der Waals surface area contributed by atoms with E-state index in [4.69, 9.17) is 8.83 Å². The van der Waals surface area contributed by atoms with E-state index in [1.54, 1.807) is 0 Å². The Hall–Kier alpha value is -7.10. The van der Waals surface area contributed by atoms with Crippen LogP contribution in [-0.4, -0.2) is 0 Å². The molecule has 0 aliphatic heterocycles. The maximum Gasteiger partial charge on any atom is 0.143 e. The summed E-state index contributed by atoms with van der Waals surface area (Å²) in [4.78, 5) is 2.39. The Morgan fingerprint density at radius 2 is 0.868 bits per heavy atom. The van der Waals surface area contributed by atoms with Gasteiger partial charge in [0, 0.05) is 49.3 Å². The lowest BCUT2D eigenvalue weighted by atomic mass is 9.97. The van der Waals surface area contributed by atoms with Crippen molar-refractivity contribution in [2.75, 3.05) is 4.90 Å². The third-order valence-corrected chi connectivity index (χ3v) is 10.6. The van der Waals surface area contributed by atoms with Crippen LogP contribution in [0.1, 0.15) is 0 Å². The monoisotopic (exact) mass is 677 g/mol. The van der Waals surface area contributed by atoms with Crippen molar-refractivity contribution in [1.82, 2.24) is 0 Å². The van der Waals surface area contributed by atoms with Crippen LogP contribution in [0.4, 0.5) is 17.1 Å². The highest BCUT2D eigenvalue weighted by molar-refractivity contribution is 6.14. The smallest absolute Gasteiger partial charge is 0.143 e. The Morgan fingerprint density at radius 3 is 1.72 bits per heavy atom. The van der Waals surface area contributed by atoms with Gasteiger partial charge in [0.2, 0.25) is 0 Å². The molecular formula is C50H31NO2. The average molecular weight is 678 g/mol. The minimum atomic E-state index is 0.886.